The molecular formula is C16H21Cl2F3N6O2. The molecule has 0 unspecified atom stereocenters. The lowest BCUT2D eigenvalue weighted by Gasteiger charge is -2.23. The van der Waals surface area contributed by atoms with Crippen molar-refractivity contribution in [2.75, 3.05) is 25.0 Å². The molecule has 0 aromatic carbocycles. The minimum atomic E-state index is -4.44. The van der Waals surface area contributed by atoms with E-state index in [1.807, 2.05) is 0 Å². The van der Waals surface area contributed by atoms with Crippen molar-refractivity contribution < 1.29 is 22.7 Å². The first-order valence-corrected chi connectivity index (χ1v) is 8.43. The molecule has 0 saturated carbocycles. The molecule has 29 heavy (non-hydrogen) atoms. The molecule has 2 N–H and O–H groups in total. The van der Waals surface area contributed by atoms with Crippen LogP contribution in [0.3, 0.4) is 0 Å². The summed E-state index contributed by atoms with van der Waals surface area (Å²) in [5.41, 5.74) is 1.18. The molecule has 2 aromatic heterocycles. The maximum Gasteiger partial charge on any atom is 0.422 e. The molecule has 1 aliphatic rings. The normalized spacial score (nSPS) is 14.5. The second kappa shape index (κ2) is 10.6. The number of ether oxygens (including phenoxy) is 1. The highest BCUT2D eigenvalue weighted by Gasteiger charge is 2.28. The maximum absolute atomic E-state index is 12.4. The van der Waals surface area contributed by atoms with E-state index in [-0.39, 0.29) is 42.4 Å². The first kappa shape index (κ1) is 24.9. The van der Waals surface area contributed by atoms with E-state index in [0.29, 0.717) is 11.4 Å². The Morgan fingerprint density at radius 1 is 1.31 bits per heavy atom. The minimum Gasteiger partial charge on any atom is -0.468 e. The molecule has 0 bridgehead atoms. The molecule has 1 amide bonds. The lowest BCUT2D eigenvalue weighted by Crippen LogP contribution is -2.30. The molecule has 3 rings (SSSR count). The van der Waals surface area contributed by atoms with E-state index in [1.165, 1.54) is 18.3 Å². The third-order valence-corrected chi connectivity index (χ3v) is 4.17. The molecule has 1 fully saturated rings. The second-order valence-electron chi connectivity index (χ2n) is 6.19. The van der Waals surface area contributed by atoms with Gasteiger partial charge in [-0.3, -0.25) is 4.79 Å². The monoisotopic (exact) mass is 456 g/mol. The largest absolute Gasteiger partial charge is 0.468 e. The number of hydrogen-bond acceptors (Lipinski definition) is 6. The van der Waals surface area contributed by atoms with Gasteiger partial charge in [-0.1, -0.05) is 5.21 Å². The summed E-state index contributed by atoms with van der Waals surface area (Å²) >= 11 is 0. The predicted molar refractivity (Wildman–Crippen MR) is 104 cm³/mol. The van der Waals surface area contributed by atoms with Gasteiger partial charge in [0.05, 0.1) is 23.6 Å². The zero-order valence-corrected chi connectivity index (χ0v) is 17.0. The van der Waals surface area contributed by atoms with Crippen molar-refractivity contribution in [3.05, 3.63) is 29.7 Å². The Bertz CT molecular complexity index is 795. The van der Waals surface area contributed by atoms with E-state index in [4.69, 9.17) is 0 Å². The third kappa shape index (κ3) is 6.72. The zero-order chi connectivity index (χ0) is 19.4. The molecule has 162 valence electrons. The van der Waals surface area contributed by atoms with Crippen molar-refractivity contribution in [3.63, 3.8) is 0 Å². The van der Waals surface area contributed by atoms with Crippen LogP contribution in [0.1, 0.15) is 35.1 Å². The number of rotatable bonds is 5. The Morgan fingerprint density at radius 3 is 2.59 bits per heavy atom. The average Bonchev–Trinajstić information content (AvgIpc) is 3.03. The number of amides is 1. The van der Waals surface area contributed by atoms with E-state index in [9.17, 15) is 18.0 Å². The van der Waals surface area contributed by atoms with Crippen LogP contribution < -0.4 is 15.4 Å². The fourth-order valence-corrected chi connectivity index (χ4v) is 2.83. The summed E-state index contributed by atoms with van der Waals surface area (Å²) in [7, 11) is 0. The molecule has 8 nitrogen and oxygen atoms in total. The molecule has 1 aliphatic heterocycles. The standard InChI is InChI=1S/C16H19F3N6O2.2ClH/c1-10-14(23-24-25(10)12-4-6-20-7-5-12)15(26)22-11-2-3-13(21-8-11)27-9-16(17,18)19;;/h2-3,8,12,20H,4-7,9H2,1H3,(H,22,26);2*1H. The smallest absolute Gasteiger partial charge is 0.422 e. The topological polar surface area (TPSA) is 94.0 Å². The van der Waals surface area contributed by atoms with Crippen LogP contribution in [0.5, 0.6) is 5.88 Å². The van der Waals surface area contributed by atoms with Crippen LogP contribution in [-0.4, -0.2) is 51.8 Å². The predicted octanol–water partition coefficient (Wildman–Crippen LogP) is 2.94. The van der Waals surface area contributed by atoms with Gasteiger partial charge in [-0.2, -0.15) is 13.2 Å². The van der Waals surface area contributed by atoms with Gasteiger partial charge < -0.3 is 15.4 Å². The third-order valence-electron chi connectivity index (χ3n) is 4.17. The summed E-state index contributed by atoms with van der Waals surface area (Å²) in [5, 5.41) is 13.9. The van der Waals surface area contributed by atoms with Gasteiger partial charge >= 0.3 is 6.18 Å². The van der Waals surface area contributed by atoms with Crippen LogP contribution in [0.25, 0.3) is 0 Å². The van der Waals surface area contributed by atoms with Crippen molar-refractivity contribution in [1.29, 1.82) is 0 Å². The second-order valence-corrected chi connectivity index (χ2v) is 6.19. The molecule has 0 radical (unpaired) electrons. The molecule has 0 atom stereocenters. The number of aromatic nitrogens is 4. The van der Waals surface area contributed by atoms with Crippen LogP contribution >= 0.6 is 24.8 Å². The van der Waals surface area contributed by atoms with E-state index < -0.39 is 18.7 Å². The molecule has 2 aromatic rings. The molecule has 0 aliphatic carbocycles. The number of carbonyl (C=O) groups is 1. The number of carbonyl (C=O) groups excluding carboxylic acids is 1. The van der Waals surface area contributed by atoms with Gasteiger partial charge in [0.25, 0.3) is 5.91 Å². The van der Waals surface area contributed by atoms with Crippen molar-refractivity contribution in [3.8, 4) is 5.88 Å². The zero-order valence-electron chi connectivity index (χ0n) is 15.4. The van der Waals surface area contributed by atoms with Gasteiger partial charge in [-0.25, -0.2) is 9.67 Å². The summed E-state index contributed by atoms with van der Waals surface area (Å²) in [6.07, 6.45) is -1.40. The number of piperidine rings is 1. The van der Waals surface area contributed by atoms with Gasteiger partial charge in [0.15, 0.2) is 12.3 Å². The van der Waals surface area contributed by atoms with Crippen LogP contribution in [0.15, 0.2) is 18.3 Å². The Kier molecular flexibility index (Phi) is 9.12. The highest BCUT2D eigenvalue weighted by atomic mass is 35.5. The molecule has 13 heteroatoms. The minimum absolute atomic E-state index is 0. The van der Waals surface area contributed by atoms with Crippen molar-refractivity contribution in [2.24, 2.45) is 0 Å². The summed E-state index contributed by atoms with van der Waals surface area (Å²) < 4.78 is 42.7. The quantitative estimate of drug-likeness (QED) is 0.718. The van der Waals surface area contributed by atoms with Crippen molar-refractivity contribution >= 4 is 36.4 Å². The van der Waals surface area contributed by atoms with Crippen molar-refractivity contribution in [2.45, 2.75) is 32.0 Å². The molecule has 1 saturated heterocycles. The Labute approximate surface area is 177 Å². The van der Waals surface area contributed by atoms with Gasteiger partial charge in [0.1, 0.15) is 0 Å². The maximum atomic E-state index is 12.4. The number of hydrogen-bond donors (Lipinski definition) is 2. The van der Waals surface area contributed by atoms with E-state index in [0.717, 1.165) is 25.9 Å². The number of nitrogens with one attached hydrogen (secondary N) is 2. The molecule has 3 heterocycles. The fourth-order valence-electron chi connectivity index (χ4n) is 2.83. The Balaban J connectivity index is 0.00000210. The number of pyridine rings is 1. The summed E-state index contributed by atoms with van der Waals surface area (Å²) in [4.78, 5) is 16.2. The number of halogens is 5. The Morgan fingerprint density at radius 2 is 2.00 bits per heavy atom. The average molecular weight is 457 g/mol. The number of nitrogens with zero attached hydrogens (tertiary/aromatic N) is 4. The lowest BCUT2D eigenvalue weighted by molar-refractivity contribution is -0.154. The highest BCUT2D eigenvalue weighted by molar-refractivity contribution is 6.03. The summed E-state index contributed by atoms with van der Waals surface area (Å²) in [6, 6.07) is 2.86. The Hall–Kier alpha value is -2.11. The van der Waals surface area contributed by atoms with Crippen LogP contribution in [0.4, 0.5) is 18.9 Å². The van der Waals surface area contributed by atoms with Gasteiger partial charge in [0, 0.05) is 6.07 Å². The lowest BCUT2D eigenvalue weighted by atomic mass is 10.1. The highest BCUT2D eigenvalue weighted by Crippen LogP contribution is 2.21. The van der Waals surface area contributed by atoms with Crippen LogP contribution in [0.2, 0.25) is 0 Å². The fraction of sp³-hybridized carbons (Fsp3) is 0.500. The van der Waals surface area contributed by atoms with E-state index in [1.54, 1.807) is 11.6 Å². The van der Waals surface area contributed by atoms with Gasteiger partial charge in [-0.05, 0) is 38.9 Å². The van der Waals surface area contributed by atoms with Crippen molar-refractivity contribution in [1.82, 2.24) is 25.3 Å². The number of alkyl halides is 3. The van der Waals surface area contributed by atoms with Gasteiger partial charge in [-0.15, -0.1) is 29.9 Å². The van der Waals surface area contributed by atoms with Crippen LogP contribution in [0, 0.1) is 6.92 Å². The van der Waals surface area contributed by atoms with Gasteiger partial charge in [0.2, 0.25) is 5.88 Å². The first-order chi connectivity index (χ1) is 12.8. The number of anilines is 1. The molecule has 0 spiro atoms. The van der Waals surface area contributed by atoms with E-state index in [2.05, 4.69) is 30.7 Å². The van der Waals surface area contributed by atoms with Crippen LogP contribution in [-0.2, 0) is 0 Å². The first-order valence-electron chi connectivity index (χ1n) is 8.43. The summed E-state index contributed by atoms with van der Waals surface area (Å²) in [6.45, 7) is 2.13. The summed E-state index contributed by atoms with van der Waals surface area (Å²) in [5.74, 6) is -0.642. The molecular weight excluding hydrogens is 436 g/mol. The SMILES string of the molecule is Cc1c(C(=O)Nc2ccc(OCC(F)(F)F)nc2)nnn1C1CCNCC1.Cl.Cl. The van der Waals surface area contributed by atoms with E-state index >= 15 is 0 Å².